The van der Waals surface area contributed by atoms with Gasteiger partial charge in [-0.1, -0.05) is 6.92 Å². The molecule has 16 heavy (non-hydrogen) atoms. The van der Waals surface area contributed by atoms with Gasteiger partial charge in [0.2, 0.25) is 0 Å². The summed E-state index contributed by atoms with van der Waals surface area (Å²) >= 11 is 0. The number of aromatic nitrogens is 2. The average molecular weight is 224 g/mol. The normalized spacial score (nSPS) is 25.0. The molecule has 1 fully saturated rings. The maximum atomic E-state index is 12.1. The van der Waals surface area contributed by atoms with Crippen LogP contribution in [0.1, 0.15) is 23.8 Å². The van der Waals surface area contributed by atoms with Gasteiger partial charge in [-0.2, -0.15) is 5.10 Å². The molecule has 0 aliphatic carbocycles. The van der Waals surface area contributed by atoms with E-state index in [1.807, 2.05) is 6.92 Å². The van der Waals surface area contributed by atoms with Crippen LogP contribution in [-0.2, 0) is 0 Å². The standard InChI is InChI=1S/C10H16N4O2/c1-6-2-3-14(8(6)5-15)10(16)7-4-9(11)13-12-7/h4,6,8,15H,2-3,5H2,1H3,(H3,11,12,13). The van der Waals surface area contributed by atoms with Crippen molar-refractivity contribution in [3.8, 4) is 0 Å². The van der Waals surface area contributed by atoms with Crippen molar-refractivity contribution in [2.24, 2.45) is 5.92 Å². The minimum absolute atomic E-state index is 0.00345. The number of carbonyl (C=O) groups excluding carboxylic acids is 1. The molecule has 88 valence electrons. The fourth-order valence-corrected chi connectivity index (χ4v) is 2.14. The molecule has 0 radical (unpaired) electrons. The van der Waals surface area contributed by atoms with E-state index in [1.165, 1.54) is 6.07 Å². The van der Waals surface area contributed by atoms with Gasteiger partial charge in [0.1, 0.15) is 11.5 Å². The van der Waals surface area contributed by atoms with Crippen molar-refractivity contribution in [1.82, 2.24) is 15.1 Å². The van der Waals surface area contributed by atoms with Crippen LogP contribution in [-0.4, -0.2) is 45.3 Å². The van der Waals surface area contributed by atoms with E-state index in [0.29, 0.717) is 24.0 Å². The Kier molecular flexibility index (Phi) is 2.82. The molecule has 0 saturated carbocycles. The topological polar surface area (TPSA) is 95.2 Å². The summed E-state index contributed by atoms with van der Waals surface area (Å²) in [7, 11) is 0. The van der Waals surface area contributed by atoms with E-state index in [-0.39, 0.29) is 18.6 Å². The van der Waals surface area contributed by atoms with Gasteiger partial charge in [0, 0.05) is 12.6 Å². The molecule has 0 bridgehead atoms. The molecule has 6 heteroatoms. The van der Waals surface area contributed by atoms with E-state index in [0.717, 1.165) is 6.42 Å². The van der Waals surface area contributed by atoms with Crippen LogP contribution in [0.15, 0.2) is 6.07 Å². The van der Waals surface area contributed by atoms with Gasteiger partial charge in [-0.05, 0) is 12.3 Å². The van der Waals surface area contributed by atoms with Crippen LogP contribution in [0.3, 0.4) is 0 Å². The van der Waals surface area contributed by atoms with Gasteiger partial charge < -0.3 is 15.7 Å². The summed E-state index contributed by atoms with van der Waals surface area (Å²) in [5.74, 6) is 0.484. The molecular formula is C10H16N4O2. The van der Waals surface area contributed by atoms with Crippen molar-refractivity contribution in [2.45, 2.75) is 19.4 Å². The SMILES string of the molecule is CC1CCN(C(=O)c2cc(N)n[nH]2)C1CO. The molecule has 1 saturated heterocycles. The fourth-order valence-electron chi connectivity index (χ4n) is 2.14. The Bertz CT molecular complexity index is 390. The number of aliphatic hydroxyl groups is 1. The number of anilines is 1. The molecule has 6 nitrogen and oxygen atoms in total. The Morgan fingerprint density at radius 2 is 2.56 bits per heavy atom. The number of likely N-dealkylation sites (tertiary alicyclic amines) is 1. The van der Waals surface area contributed by atoms with Crippen LogP contribution in [0.5, 0.6) is 0 Å². The highest BCUT2D eigenvalue weighted by molar-refractivity contribution is 5.93. The number of hydrogen-bond acceptors (Lipinski definition) is 4. The number of nitrogens with one attached hydrogen (secondary N) is 1. The predicted molar refractivity (Wildman–Crippen MR) is 58.7 cm³/mol. The Labute approximate surface area is 93.4 Å². The van der Waals surface area contributed by atoms with Gasteiger partial charge >= 0.3 is 0 Å². The van der Waals surface area contributed by atoms with Gasteiger partial charge in [-0.15, -0.1) is 0 Å². The highest BCUT2D eigenvalue weighted by Crippen LogP contribution is 2.25. The first-order valence-electron chi connectivity index (χ1n) is 5.36. The van der Waals surface area contributed by atoms with Gasteiger partial charge in [0.05, 0.1) is 12.6 Å². The lowest BCUT2D eigenvalue weighted by Gasteiger charge is -2.24. The Balaban J connectivity index is 2.16. The lowest BCUT2D eigenvalue weighted by atomic mass is 10.0. The molecule has 0 spiro atoms. The zero-order chi connectivity index (χ0) is 11.7. The number of amides is 1. The summed E-state index contributed by atoms with van der Waals surface area (Å²) in [6.45, 7) is 2.70. The zero-order valence-electron chi connectivity index (χ0n) is 9.18. The number of nitrogens with two attached hydrogens (primary N) is 1. The summed E-state index contributed by atoms with van der Waals surface area (Å²) in [5, 5.41) is 15.6. The van der Waals surface area contributed by atoms with Crippen molar-refractivity contribution in [1.29, 1.82) is 0 Å². The maximum Gasteiger partial charge on any atom is 0.272 e. The van der Waals surface area contributed by atoms with E-state index in [1.54, 1.807) is 4.90 Å². The first-order valence-corrected chi connectivity index (χ1v) is 5.36. The number of carbonyl (C=O) groups is 1. The quantitative estimate of drug-likeness (QED) is 0.650. The van der Waals surface area contributed by atoms with Crippen LogP contribution < -0.4 is 5.73 Å². The third-order valence-electron chi connectivity index (χ3n) is 3.16. The summed E-state index contributed by atoms with van der Waals surface area (Å²) in [5.41, 5.74) is 5.83. The summed E-state index contributed by atoms with van der Waals surface area (Å²) in [6, 6.07) is 1.41. The van der Waals surface area contributed by atoms with Gasteiger partial charge in [0.15, 0.2) is 0 Å². The molecule has 2 heterocycles. The van der Waals surface area contributed by atoms with E-state index < -0.39 is 0 Å². The molecule has 1 aromatic rings. The Morgan fingerprint density at radius 1 is 1.81 bits per heavy atom. The lowest BCUT2D eigenvalue weighted by molar-refractivity contribution is 0.0642. The monoisotopic (exact) mass is 224 g/mol. The van der Waals surface area contributed by atoms with Crippen LogP contribution in [0.2, 0.25) is 0 Å². The second-order valence-corrected chi connectivity index (χ2v) is 4.22. The number of aliphatic hydroxyl groups excluding tert-OH is 1. The molecule has 2 rings (SSSR count). The van der Waals surface area contributed by atoms with Crippen molar-refractivity contribution in [3.63, 3.8) is 0 Å². The van der Waals surface area contributed by atoms with Crippen LogP contribution in [0, 0.1) is 5.92 Å². The van der Waals surface area contributed by atoms with E-state index in [4.69, 9.17) is 5.73 Å². The van der Waals surface area contributed by atoms with Crippen LogP contribution in [0.4, 0.5) is 5.82 Å². The summed E-state index contributed by atoms with van der Waals surface area (Å²) in [4.78, 5) is 13.7. The average Bonchev–Trinajstić information content (AvgIpc) is 2.83. The van der Waals surface area contributed by atoms with E-state index in [2.05, 4.69) is 10.2 Å². The Morgan fingerprint density at radius 3 is 3.12 bits per heavy atom. The predicted octanol–water partition coefficient (Wildman–Crippen LogP) is -0.165. The first kappa shape index (κ1) is 10.9. The second kappa shape index (κ2) is 4.13. The molecule has 1 aliphatic heterocycles. The second-order valence-electron chi connectivity index (χ2n) is 4.22. The highest BCUT2D eigenvalue weighted by atomic mass is 16.3. The number of H-pyrrole nitrogens is 1. The lowest BCUT2D eigenvalue weighted by Crippen LogP contribution is -2.40. The highest BCUT2D eigenvalue weighted by Gasteiger charge is 2.34. The van der Waals surface area contributed by atoms with Gasteiger partial charge in [0.25, 0.3) is 5.91 Å². The number of aromatic amines is 1. The smallest absolute Gasteiger partial charge is 0.272 e. The third kappa shape index (κ3) is 1.76. The number of hydrogen-bond donors (Lipinski definition) is 3. The number of rotatable bonds is 2. The fraction of sp³-hybridized carbons (Fsp3) is 0.600. The molecule has 1 aromatic heterocycles. The molecule has 2 unspecified atom stereocenters. The first-order chi connectivity index (χ1) is 7.63. The zero-order valence-corrected chi connectivity index (χ0v) is 9.18. The molecule has 1 aliphatic rings. The minimum Gasteiger partial charge on any atom is -0.394 e. The number of nitrogens with zero attached hydrogens (tertiary/aromatic N) is 2. The molecule has 4 N–H and O–H groups in total. The van der Waals surface area contributed by atoms with Crippen LogP contribution in [0.25, 0.3) is 0 Å². The minimum atomic E-state index is -0.146. The number of nitrogen functional groups attached to an aromatic ring is 1. The van der Waals surface area contributed by atoms with Crippen molar-refractivity contribution in [3.05, 3.63) is 11.8 Å². The van der Waals surface area contributed by atoms with Crippen molar-refractivity contribution < 1.29 is 9.90 Å². The molecule has 2 atom stereocenters. The van der Waals surface area contributed by atoms with E-state index in [9.17, 15) is 9.90 Å². The summed E-state index contributed by atoms with van der Waals surface area (Å²) < 4.78 is 0. The third-order valence-corrected chi connectivity index (χ3v) is 3.16. The van der Waals surface area contributed by atoms with Crippen molar-refractivity contribution in [2.75, 3.05) is 18.9 Å². The molecule has 0 aromatic carbocycles. The molecular weight excluding hydrogens is 208 g/mol. The largest absolute Gasteiger partial charge is 0.394 e. The van der Waals surface area contributed by atoms with Crippen molar-refractivity contribution >= 4 is 11.7 Å². The Hall–Kier alpha value is -1.56. The molecule has 1 amide bonds. The van der Waals surface area contributed by atoms with Gasteiger partial charge in [-0.25, -0.2) is 0 Å². The van der Waals surface area contributed by atoms with Crippen LogP contribution >= 0.6 is 0 Å². The van der Waals surface area contributed by atoms with E-state index >= 15 is 0 Å². The van der Waals surface area contributed by atoms with Gasteiger partial charge in [-0.3, -0.25) is 9.89 Å². The maximum absolute atomic E-state index is 12.1. The summed E-state index contributed by atoms with van der Waals surface area (Å²) in [6.07, 6.45) is 0.917.